The number of likely N-dealkylation sites (N-methyl/N-ethyl adjacent to an activating group) is 1. The van der Waals surface area contributed by atoms with Crippen LogP contribution in [0.3, 0.4) is 0 Å². The second kappa shape index (κ2) is 4.94. The van der Waals surface area contributed by atoms with E-state index in [-0.39, 0.29) is 0 Å². The monoisotopic (exact) mass is 278 g/mol. The molecule has 4 nitrogen and oxygen atoms in total. The third kappa shape index (κ3) is 1.88. The fourth-order valence-electron chi connectivity index (χ4n) is 5.56. The van der Waals surface area contributed by atoms with Gasteiger partial charge in [0.1, 0.15) is 0 Å². The third-order valence-corrected chi connectivity index (χ3v) is 7.02. The molecule has 20 heavy (non-hydrogen) atoms. The van der Waals surface area contributed by atoms with Gasteiger partial charge in [-0.05, 0) is 58.2 Å². The highest BCUT2D eigenvalue weighted by Crippen LogP contribution is 2.41. The molecule has 4 bridgehead atoms. The Morgan fingerprint density at radius 3 is 2.70 bits per heavy atom. The van der Waals surface area contributed by atoms with Crippen molar-refractivity contribution in [2.75, 3.05) is 46.3 Å². The average Bonchev–Trinajstić information content (AvgIpc) is 2.95. The topological polar surface area (TPSA) is 35.7 Å². The van der Waals surface area contributed by atoms with E-state index in [1.165, 1.54) is 64.8 Å². The van der Waals surface area contributed by atoms with Crippen LogP contribution >= 0.6 is 0 Å². The van der Waals surface area contributed by atoms with Crippen LogP contribution in [0.2, 0.25) is 0 Å². The van der Waals surface area contributed by atoms with E-state index >= 15 is 0 Å². The van der Waals surface area contributed by atoms with Crippen LogP contribution in [-0.2, 0) is 0 Å². The zero-order valence-electron chi connectivity index (χ0n) is 12.9. The highest BCUT2D eigenvalue weighted by atomic mass is 15.3. The zero-order valence-corrected chi connectivity index (χ0v) is 12.9. The van der Waals surface area contributed by atoms with Crippen molar-refractivity contribution in [2.45, 2.75) is 49.7 Å². The molecule has 0 aromatic heterocycles. The Labute approximate surface area is 123 Å². The minimum atomic E-state index is 0.318. The van der Waals surface area contributed by atoms with E-state index in [9.17, 15) is 0 Å². The van der Waals surface area contributed by atoms with Gasteiger partial charge in [0.25, 0.3) is 0 Å². The van der Waals surface area contributed by atoms with Crippen LogP contribution in [-0.4, -0.2) is 78.6 Å². The van der Waals surface area contributed by atoms with Gasteiger partial charge in [-0.3, -0.25) is 9.80 Å². The molecule has 4 fully saturated rings. The third-order valence-electron chi connectivity index (χ3n) is 7.02. The number of hydrogen-bond acceptors (Lipinski definition) is 4. The van der Waals surface area contributed by atoms with Crippen LogP contribution in [0.15, 0.2) is 0 Å². The summed E-state index contributed by atoms with van der Waals surface area (Å²) in [7, 11) is 2.35. The van der Waals surface area contributed by atoms with Gasteiger partial charge in [0.15, 0.2) is 0 Å². The lowest BCUT2D eigenvalue weighted by Gasteiger charge is -2.50. The molecule has 0 saturated carbocycles. The number of nitrogens with zero attached hydrogens (tertiary/aromatic N) is 3. The van der Waals surface area contributed by atoms with Crippen LogP contribution in [0, 0.1) is 5.92 Å². The van der Waals surface area contributed by atoms with Crippen molar-refractivity contribution >= 4 is 0 Å². The first-order chi connectivity index (χ1) is 9.73. The maximum atomic E-state index is 6.36. The highest BCUT2D eigenvalue weighted by Gasteiger charge is 2.50. The van der Waals surface area contributed by atoms with E-state index in [1.807, 2.05) is 0 Å². The first-order valence-electron chi connectivity index (χ1n) is 8.62. The molecule has 4 aliphatic heterocycles. The second-order valence-corrected chi connectivity index (χ2v) is 7.63. The summed E-state index contributed by atoms with van der Waals surface area (Å²) in [6.45, 7) is 7.30. The summed E-state index contributed by atoms with van der Waals surface area (Å²) in [4.78, 5) is 8.14. The van der Waals surface area contributed by atoms with E-state index in [0.717, 1.165) is 24.5 Å². The van der Waals surface area contributed by atoms with Crippen molar-refractivity contribution in [1.29, 1.82) is 0 Å². The summed E-state index contributed by atoms with van der Waals surface area (Å²) in [5.74, 6) is 0.822. The Bertz CT molecular complexity index is 373. The molecule has 0 aliphatic carbocycles. The molecule has 0 amide bonds. The number of rotatable bonds is 2. The standard InChI is InChI=1S/C16H30N4/c1-18-14-2-3-15(18)11-20(8-5-14)16(12-17)6-9-19-7-4-13(16)10-19/h13-15H,2-12,17H2,1H3. The van der Waals surface area contributed by atoms with Gasteiger partial charge in [-0.15, -0.1) is 0 Å². The van der Waals surface area contributed by atoms with E-state index in [2.05, 4.69) is 21.7 Å². The second-order valence-electron chi connectivity index (χ2n) is 7.63. The summed E-state index contributed by atoms with van der Waals surface area (Å²) < 4.78 is 0. The summed E-state index contributed by atoms with van der Waals surface area (Å²) in [6.07, 6.45) is 6.84. The predicted octanol–water partition coefficient (Wildman–Crippen LogP) is 0.578. The zero-order chi connectivity index (χ0) is 13.7. The van der Waals surface area contributed by atoms with Gasteiger partial charge < -0.3 is 10.6 Å². The number of nitrogens with two attached hydrogens (primary N) is 1. The largest absolute Gasteiger partial charge is 0.329 e. The molecule has 5 atom stereocenters. The Kier molecular flexibility index (Phi) is 3.33. The Balaban J connectivity index is 1.58. The van der Waals surface area contributed by atoms with Crippen LogP contribution in [0.5, 0.6) is 0 Å². The number of likely N-dealkylation sites (tertiary alicyclic amines) is 1. The summed E-state index contributed by atoms with van der Waals surface area (Å²) in [5, 5.41) is 0. The lowest BCUT2D eigenvalue weighted by Crippen LogP contribution is -2.63. The highest BCUT2D eigenvalue weighted by molar-refractivity contribution is 5.07. The fraction of sp³-hybridized carbons (Fsp3) is 1.00. The molecule has 114 valence electrons. The lowest BCUT2D eigenvalue weighted by molar-refractivity contribution is 0.00250. The first kappa shape index (κ1) is 13.5. The van der Waals surface area contributed by atoms with Gasteiger partial charge in [-0.1, -0.05) is 0 Å². The molecule has 5 unspecified atom stereocenters. The Morgan fingerprint density at radius 2 is 1.85 bits per heavy atom. The van der Waals surface area contributed by atoms with E-state index in [0.29, 0.717) is 5.54 Å². The smallest absolute Gasteiger partial charge is 0.0385 e. The van der Waals surface area contributed by atoms with Crippen LogP contribution in [0.4, 0.5) is 0 Å². The lowest BCUT2D eigenvalue weighted by atomic mass is 9.76. The minimum Gasteiger partial charge on any atom is -0.329 e. The molecule has 0 spiro atoms. The van der Waals surface area contributed by atoms with Crippen molar-refractivity contribution in [1.82, 2.24) is 14.7 Å². The van der Waals surface area contributed by atoms with Gasteiger partial charge in [-0.2, -0.15) is 0 Å². The SMILES string of the molecule is CN1C2CCC1CN(C1(CN)CCN3CCC1C3)CC2. The quantitative estimate of drug-likeness (QED) is 0.801. The van der Waals surface area contributed by atoms with Crippen molar-refractivity contribution < 1.29 is 0 Å². The van der Waals surface area contributed by atoms with Gasteiger partial charge >= 0.3 is 0 Å². The van der Waals surface area contributed by atoms with Crippen molar-refractivity contribution in [3.8, 4) is 0 Å². The first-order valence-corrected chi connectivity index (χ1v) is 8.62. The Morgan fingerprint density at radius 1 is 1.00 bits per heavy atom. The summed E-state index contributed by atoms with van der Waals surface area (Å²) in [6, 6.07) is 1.62. The molecular weight excluding hydrogens is 248 g/mol. The molecular formula is C16H30N4. The molecule has 4 heterocycles. The van der Waals surface area contributed by atoms with Crippen molar-refractivity contribution in [3.05, 3.63) is 0 Å². The van der Waals surface area contributed by atoms with Crippen LogP contribution in [0.25, 0.3) is 0 Å². The van der Waals surface area contributed by atoms with Gasteiger partial charge in [0.05, 0.1) is 0 Å². The van der Waals surface area contributed by atoms with Crippen molar-refractivity contribution in [2.24, 2.45) is 11.7 Å². The molecule has 0 radical (unpaired) electrons. The van der Waals surface area contributed by atoms with E-state index in [1.54, 1.807) is 0 Å². The van der Waals surface area contributed by atoms with Crippen LogP contribution in [0.1, 0.15) is 32.1 Å². The predicted molar refractivity (Wildman–Crippen MR) is 81.7 cm³/mol. The molecule has 2 N–H and O–H groups in total. The van der Waals surface area contributed by atoms with E-state index < -0.39 is 0 Å². The molecule has 4 saturated heterocycles. The maximum Gasteiger partial charge on any atom is 0.0385 e. The molecule has 4 rings (SSSR count). The van der Waals surface area contributed by atoms with Gasteiger partial charge in [0.2, 0.25) is 0 Å². The summed E-state index contributed by atoms with van der Waals surface area (Å²) >= 11 is 0. The average molecular weight is 278 g/mol. The van der Waals surface area contributed by atoms with Crippen LogP contribution < -0.4 is 5.73 Å². The molecule has 0 aromatic carbocycles. The summed E-state index contributed by atoms with van der Waals surface area (Å²) in [5.41, 5.74) is 6.68. The van der Waals surface area contributed by atoms with E-state index in [4.69, 9.17) is 5.73 Å². The molecule has 4 aliphatic rings. The van der Waals surface area contributed by atoms with Gasteiger partial charge in [0, 0.05) is 43.8 Å². The number of piperidine rings is 1. The van der Waals surface area contributed by atoms with Gasteiger partial charge in [-0.25, -0.2) is 0 Å². The number of fused-ring (bicyclic) bond motifs is 4. The Hall–Kier alpha value is -0.160. The normalized spacial score (nSPS) is 49.5. The molecule has 0 aromatic rings. The fourth-order valence-corrected chi connectivity index (χ4v) is 5.56. The minimum absolute atomic E-state index is 0.318. The van der Waals surface area contributed by atoms with Crippen molar-refractivity contribution in [3.63, 3.8) is 0 Å². The number of hydrogen-bond donors (Lipinski definition) is 1. The maximum absolute atomic E-state index is 6.36. The molecule has 4 heteroatoms.